The lowest BCUT2D eigenvalue weighted by atomic mass is 9.98. The van der Waals surface area contributed by atoms with Crippen LogP contribution in [0, 0.1) is 12.8 Å². The molecule has 2 N–H and O–H groups in total. The maximum atomic E-state index is 12.0. The first-order chi connectivity index (χ1) is 8.41. The SMILES string of the molecule is Cc1cccc(C(C)C(=O)NCC(O)C(C)C)c1. The second-order valence-corrected chi connectivity index (χ2v) is 5.19. The number of aryl methyl sites for hydroxylation is 1. The van der Waals surface area contributed by atoms with Crippen molar-refractivity contribution in [3.63, 3.8) is 0 Å². The maximum absolute atomic E-state index is 12.0. The van der Waals surface area contributed by atoms with Crippen molar-refractivity contribution < 1.29 is 9.90 Å². The van der Waals surface area contributed by atoms with Crippen molar-refractivity contribution in [2.75, 3.05) is 6.54 Å². The number of carbonyl (C=O) groups excluding carboxylic acids is 1. The summed E-state index contributed by atoms with van der Waals surface area (Å²) in [6.07, 6.45) is -0.487. The quantitative estimate of drug-likeness (QED) is 0.840. The van der Waals surface area contributed by atoms with E-state index in [1.165, 1.54) is 0 Å². The molecule has 2 unspecified atom stereocenters. The van der Waals surface area contributed by atoms with E-state index in [1.807, 2.05) is 52.0 Å². The lowest BCUT2D eigenvalue weighted by molar-refractivity contribution is -0.122. The molecule has 1 aromatic rings. The van der Waals surface area contributed by atoms with Crippen molar-refractivity contribution in [1.82, 2.24) is 5.32 Å². The first-order valence-corrected chi connectivity index (χ1v) is 6.44. The monoisotopic (exact) mass is 249 g/mol. The summed E-state index contributed by atoms with van der Waals surface area (Å²) in [4.78, 5) is 12.0. The van der Waals surface area contributed by atoms with E-state index in [1.54, 1.807) is 0 Å². The minimum atomic E-state index is -0.487. The summed E-state index contributed by atoms with van der Waals surface area (Å²) >= 11 is 0. The average Bonchev–Trinajstić information content (AvgIpc) is 2.34. The van der Waals surface area contributed by atoms with Crippen molar-refractivity contribution in [3.8, 4) is 0 Å². The van der Waals surface area contributed by atoms with Crippen LogP contribution in [0.1, 0.15) is 37.8 Å². The van der Waals surface area contributed by atoms with Gasteiger partial charge in [0.1, 0.15) is 0 Å². The zero-order valence-corrected chi connectivity index (χ0v) is 11.6. The lowest BCUT2D eigenvalue weighted by Crippen LogP contribution is -2.36. The average molecular weight is 249 g/mol. The second-order valence-electron chi connectivity index (χ2n) is 5.19. The number of hydrogen-bond acceptors (Lipinski definition) is 2. The Kier molecular flexibility index (Phi) is 5.35. The number of aliphatic hydroxyl groups excluding tert-OH is 1. The fourth-order valence-electron chi connectivity index (χ4n) is 1.68. The van der Waals surface area contributed by atoms with Gasteiger partial charge in [-0.15, -0.1) is 0 Å². The third-order valence-corrected chi connectivity index (χ3v) is 3.19. The predicted molar refractivity (Wildman–Crippen MR) is 73.4 cm³/mol. The van der Waals surface area contributed by atoms with Crippen molar-refractivity contribution in [2.24, 2.45) is 5.92 Å². The fourth-order valence-corrected chi connectivity index (χ4v) is 1.68. The molecule has 2 atom stereocenters. The zero-order valence-electron chi connectivity index (χ0n) is 11.6. The van der Waals surface area contributed by atoms with E-state index in [2.05, 4.69) is 5.32 Å². The van der Waals surface area contributed by atoms with Gasteiger partial charge >= 0.3 is 0 Å². The Bertz CT molecular complexity index is 401. The molecule has 1 amide bonds. The van der Waals surface area contributed by atoms with Crippen molar-refractivity contribution in [2.45, 2.75) is 39.7 Å². The minimum absolute atomic E-state index is 0.0414. The van der Waals surface area contributed by atoms with Gasteiger partial charge in [0.15, 0.2) is 0 Å². The molecule has 0 aliphatic carbocycles. The highest BCUT2D eigenvalue weighted by Crippen LogP contribution is 2.16. The zero-order chi connectivity index (χ0) is 13.7. The second kappa shape index (κ2) is 6.55. The molecule has 0 spiro atoms. The number of benzene rings is 1. The topological polar surface area (TPSA) is 49.3 Å². The number of nitrogens with one attached hydrogen (secondary N) is 1. The van der Waals surface area contributed by atoms with E-state index in [9.17, 15) is 9.90 Å². The van der Waals surface area contributed by atoms with Crippen LogP contribution in [0.4, 0.5) is 0 Å². The van der Waals surface area contributed by atoms with Crippen LogP contribution in [-0.2, 0) is 4.79 Å². The highest BCUT2D eigenvalue weighted by atomic mass is 16.3. The van der Waals surface area contributed by atoms with Gasteiger partial charge in [0.2, 0.25) is 5.91 Å². The Hall–Kier alpha value is -1.35. The molecule has 1 rings (SSSR count). The van der Waals surface area contributed by atoms with E-state index < -0.39 is 6.10 Å². The van der Waals surface area contributed by atoms with Crippen molar-refractivity contribution in [3.05, 3.63) is 35.4 Å². The molecule has 1 aromatic carbocycles. The number of carbonyl (C=O) groups is 1. The van der Waals surface area contributed by atoms with E-state index in [-0.39, 0.29) is 17.7 Å². The molecule has 0 saturated heterocycles. The van der Waals surface area contributed by atoms with E-state index in [4.69, 9.17) is 0 Å². The molecule has 18 heavy (non-hydrogen) atoms. The Labute approximate surface area is 109 Å². The van der Waals surface area contributed by atoms with Crippen LogP contribution >= 0.6 is 0 Å². The standard InChI is InChI=1S/C15H23NO2/c1-10(2)14(17)9-16-15(18)12(4)13-7-5-6-11(3)8-13/h5-8,10,12,14,17H,9H2,1-4H3,(H,16,18). The van der Waals surface area contributed by atoms with E-state index in [0.717, 1.165) is 11.1 Å². The van der Waals surface area contributed by atoms with Crippen LogP contribution in [0.25, 0.3) is 0 Å². The van der Waals surface area contributed by atoms with Crippen LogP contribution in [0.2, 0.25) is 0 Å². The molecule has 3 nitrogen and oxygen atoms in total. The Morgan fingerprint density at radius 2 is 2.00 bits per heavy atom. The highest BCUT2D eigenvalue weighted by molar-refractivity contribution is 5.83. The predicted octanol–water partition coefficient (Wildman–Crippen LogP) is 2.23. The van der Waals surface area contributed by atoms with Crippen LogP contribution < -0.4 is 5.32 Å². The third kappa shape index (κ3) is 4.15. The Morgan fingerprint density at radius 1 is 1.33 bits per heavy atom. The van der Waals surface area contributed by atoms with Gasteiger partial charge in [0.05, 0.1) is 12.0 Å². The Morgan fingerprint density at radius 3 is 2.56 bits per heavy atom. The lowest BCUT2D eigenvalue weighted by Gasteiger charge is -2.17. The molecule has 0 fully saturated rings. The summed E-state index contributed by atoms with van der Waals surface area (Å²) < 4.78 is 0. The Balaban J connectivity index is 2.57. The highest BCUT2D eigenvalue weighted by Gasteiger charge is 2.17. The molecular formula is C15H23NO2. The van der Waals surface area contributed by atoms with Crippen LogP contribution in [0.5, 0.6) is 0 Å². The van der Waals surface area contributed by atoms with E-state index in [0.29, 0.717) is 6.54 Å². The summed E-state index contributed by atoms with van der Waals surface area (Å²) in [6.45, 7) is 8.07. The normalized spacial score (nSPS) is 14.3. The number of amides is 1. The first-order valence-electron chi connectivity index (χ1n) is 6.44. The largest absolute Gasteiger partial charge is 0.391 e. The van der Waals surface area contributed by atoms with Gasteiger partial charge in [-0.1, -0.05) is 43.7 Å². The summed E-state index contributed by atoms with van der Waals surface area (Å²) in [5.74, 6) is -0.0795. The number of hydrogen-bond donors (Lipinski definition) is 2. The summed E-state index contributed by atoms with van der Waals surface area (Å²) in [6, 6.07) is 7.94. The van der Waals surface area contributed by atoms with Gasteiger partial charge in [0.25, 0.3) is 0 Å². The van der Waals surface area contributed by atoms with Crippen LogP contribution in [0.15, 0.2) is 24.3 Å². The smallest absolute Gasteiger partial charge is 0.227 e. The summed E-state index contributed by atoms with van der Waals surface area (Å²) in [5.41, 5.74) is 2.15. The molecule has 0 bridgehead atoms. The molecular weight excluding hydrogens is 226 g/mol. The number of rotatable bonds is 5. The van der Waals surface area contributed by atoms with Gasteiger partial charge in [-0.05, 0) is 25.3 Å². The maximum Gasteiger partial charge on any atom is 0.227 e. The molecule has 0 radical (unpaired) electrons. The molecule has 100 valence electrons. The minimum Gasteiger partial charge on any atom is -0.391 e. The van der Waals surface area contributed by atoms with Crippen LogP contribution in [0.3, 0.4) is 0 Å². The van der Waals surface area contributed by atoms with E-state index >= 15 is 0 Å². The van der Waals surface area contributed by atoms with Gasteiger partial charge in [-0.2, -0.15) is 0 Å². The van der Waals surface area contributed by atoms with Gasteiger partial charge in [0, 0.05) is 6.54 Å². The first kappa shape index (κ1) is 14.7. The van der Waals surface area contributed by atoms with Crippen molar-refractivity contribution >= 4 is 5.91 Å². The molecule has 0 aromatic heterocycles. The molecule has 0 saturated carbocycles. The van der Waals surface area contributed by atoms with Gasteiger partial charge in [-0.25, -0.2) is 0 Å². The van der Waals surface area contributed by atoms with Crippen LogP contribution in [-0.4, -0.2) is 23.7 Å². The molecule has 0 aliphatic heterocycles. The molecule has 0 heterocycles. The molecule has 3 heteroatoms. The third-order valence-electron chi connectivity index (χ3n) is 3.19. The van der Waals surface area contributed by atoms with Crippen molar-refractivity contribution in [1.29, 1.82) is 0 Å². The summed E-state index contributed by atoms with van der Waals surface area (Å²) in [7, 11) is 0. The molecule has 0 aliphatic rings. The number of aliphatic hydroxyl groups is 1. The van der Waals surface area contributed by atoms with Gasteiger partial charge in [-0.3, -0.25) is 4.79 Å². The van der Waals surface area contributed by atoms with Gasteiger partial charge < -0.3 is 10.4 Å². The summed E-state index contributed by atoms with van der Waals surface area (Å²) in [5, 5.41) is 12.4. The fraction of sp³-hybridized carbons (Fsp3) is 0.533.